The van der Waals surface area contributed by atoms with Gasteiger partial charge in [-0.1, -0.05) is 84.4 Å². The van der Waals surface area contributed by atoms with Crippen LogP contribution < -0.4 is 5.32 Å². The first-order valence-electron chi connectivity index (χ1n) is 9.83. The molecule has 0 aromatic heterocycles. The van der Waals surface area contributed by atoms with Gasteiger partial charge in [0.2, 0.25) is 0 Å². The van der Waals surface area contributed by atoms with Crippen molar-refractivity contribution >= 4 is 23.0 Å². The summed E-state index contributed by atoms with van der Waals surface area (Å²) in [4.78, 5) is 0. The number of halogens is 1. The first-order valence-corrected chi connectivity index (χ1v) is 8.70. The number of hydrogen-bond acceptors (Lipinski definition) is 1. The standard InChI is InChI=1S/C24H18ClN/c25-21-12-7-13-22(17-21)26-24-15-5-4-14-23(24)20-11-6-10-19(16-20)18-8-2-1-3-9-18/h1-17,26H/i7D,12D,13D. The average Bonchev–Trinajstić information content (AvgIpc) is 2.77. The molecule has 26 heavy (non-hydrogen) atoms. The molecule has 4 aromatic rings. The lowest BCUT2D eigenvalue weighted by Crippen LogP contribution is -1.93. The van der Waals surface area contributed by atoms with Crippen molar-refractivity contribution in [3.63, 3.8) is 0 Å². The molecule has 0 aliphatic heterocycles. The molecule has 0 fully saturated rings. The maximum absolute atomic E-state index is 8.18. The average molecular weight is 359 g/mol. The maximum Gasteiger partial charge on any atom is 0.0645 e. The van der Waals surface area contributed by atoms with Gasteiger partial charge in [-0.15, -0.1) is 0 Å². The summed E-state index contributed by atoms with van der Waals surface area (Å²) >= 11 is 6.07. The molecule has 2 heteroatoms. The molecule has 0 spiro atoms. The van der Waals surface area contributed by atoms with Crippen LogP contribution in [0.3, 0.4) is 0 Å². The highest BCUT2D eigenvalue weighted by molar-refractivity contribution is 6.30. The van der Waals surface area contributed by atoms with E-state index in [1.54, 1.807) is 0 Å². The van der Waals surface area contributed by atoms with Crippen molar-refractivity contribution in [2.24, 2.45) is 0 Å². The van der Waals surface area contributed by atoms with E-state index in [4.69, 9.17) is 15.7 Å². The smallest absolute Gasteiger partial charge is 0.0645 e. The van der Waals surface area contributed by atoms with Gasteiger partial charge >= 0.3 is 0 Å². The molecule has 0 aliphatic rings. The summed E-state index contributed by atoms with van der Waals surface area (Å²) in [5.74, 6) is 0. The number of hydrogen-bond donors (Lipinski definition) is 1. The van der Waals surface area contributed by atoms with Gasteiger partial charge in [0.1, 0.15) is 0 Å². The molecule has 0 saturated heterocycles. The fourth-order valence-electron chi connectivity index (χ4n) is 2.91. The summed E-state index contributed by atoms with van der Waals surface area (Å²) in [6.07, 6.45) is 0. The highest BCUT2D eigenvalue weighted by atomic mass is 35.5. The van der Waals surface area contributed by atoms with Gasteiger partial charge in [0, 0.05) is 22.0 Å². The summed E-state index contributed by atoms with van der Waals surface area (Å²) in [7, 11) is 0. The van der Waals surface area contributed by atoms with E-state index in [1.807, 2.05) is 54.6 Å². The fraction of sp³-hybridized carbons (Fsp3) is 0. The Labute approximate surface area is 163 Å². The van der Waals surface area contributed by atoms with Crippen LogP contribution in [0.2, 0.25) is 5.02 Å². The second kappa shape index (κ2) is 7.47. The van der Waals surface area contributed by atoms with E-state index < -0.39 is 0 Å². The van der Waals surface area contributed by atoms with E-state index in [2.05, 4.69) is 29.6 Å². The first-order chi connectivity index (χ1) is 14.0. The van der Waals surface area contributed by atoms with Crippen molar-refractivity contribution in [3.05, 3.63) is 108 Å². The Morgan fingerprint density at radius 3 is 2.31 bits per heavy atom. The molecule has 0 atom stereocenters. The van der Waals surface area contributed by atoms with Crippen LogP contribution in [0.1, 0.15) is 4.11 Å². The Morgan fingerprint density at radius 1 is 0.692 bits per heavy atom. The first kappa shape index (κ1) is 13.2. The van der Waals surface area contributed by atoms with Gasteiger partial charge < -0.3 is 5.32 Å². The van der Waals surface area contributed by atoms with Crippen LogP contribution in [0.4, 0.5) is 11.4 Å². The van der Waals surface area contributed by atoms with Crippen molar-refractivity contribution in [3.8, 4) is 22.3 Å². The van der Waals surface area contributed by atoms with E-state index in [1.165, 1.54) is 6.07 Å². The second-order valence-electron chi connectivity index (χ2n) is 5.90. The van der Waals surface area contributed by atoms with E-state index in [9.17, 15) is 0 Å². The number of benzene rings is 4. The third kappa shape index (κ3) is 3.63. The van der Waals surface area contributed by atoms with Crippen LogP contribution in [0, 0.1) is 0 Å². The largest absolute Gasteiger partial charge is 0.355 e. The van der Waals surface area contributed by atoms with Gasteiger partial charge in [0.05, 0.1) is 4.11 Å². The summed E-state index contributed by atoms with van der Waals surface area (Å²) in [5, 5.41) is 3.38. The van der Waals surface area contributed by atoms with Crippen LogP contribution >= 0.6 is 11.6 Å². The molecule has 4 aromatic carbocycles. The third-order valence-corrected chi connectivity index (χ3v) is 4.33. The molecule has 1 N–H and O–H groups in total. The van der Waals surface area contributed by atoms with Gasteiger partial charge in [-0.3, -0.25) is 0 Å². The zero-order valence-electron chi connectivity index (χ0n) is 17.0. The molecule has 0 aliphatic carbocycles. The molecule has 0 saturated carbocycles. The van der Waals surface area contributed by atoms with Crippen LogP contribution in [-0.4, -0.2) is 0 Å². The summed E-state index contributed by atoms with van der Waals surface area (Å²) in [6, 6.07) is 27.5. The van der Waals surface area contributed by atoms with Crippen molar-refractivity contribution in [1.82, 2.24) is 0 Å². The highest BCUT2D eigenvalue weighted by Crippen LogP contribution is 2.33. The molecule has 0 radical (unpaired) electrons. The minimum absolute atomic E-state index is 0.0489. The predicted molar refractivity (Wildman–Crippen MR) is 112 cm³/mol. The van der Waals surface area contributed by atoms with Crippen LogP contribution in [-0.2, 0) is 0 Å². The predicted octanol–water partition coefficient (Wildman–Crippen LogP) is 7.42. The van der Waals surface area contributed by atoms with Crippen molar-refractivity contribution in [2.45, 2.75) is 0 Å². The van der Waals surface area contributed by atoms with Gasteiger partial charge in [0.15, 0.2) is 0 Å². The molecule has 0 bridgehead atoms. The van der Waals surface area contributed by atoms with E-state index in [0.29, 0.717) is 5.69 Å². The highest BCUT2D eigenvalue weighted by Gasteiger charge is 2.07. The Hall–Kier alpha value is -3.03. The third-order valence-electron chi connectivity index (χ3n) is 4.13. The van der Waals surface area contributed by atoms with Gasteiger partial charge in [-0.05, 0) is 47.0 Å². The zero-order valence-corrected chi connectivity index (χ0v) is 14.7. The number of nitrogens with one attached hydrogen (secondary N) is 1. The maximum atomic E-state index is 8.18. The van der Waals surface area contributed by atoms with Crippen LogP contribution in [0.25, 0.3) is 22.3 Å². The molecular weight excluding hydrogens is 338 g/mol. The van der Waals surface area contributed by atoms with E-state index >= 15 is 0 Å². The fourth-order valence-corrected chi connectivity index (χ4v) is 3.07. The van der Waals surface area contributed by atoms with Crippen LogP contribution in [0.5, 0.6) is 0 Å². The quantitative estimate of drug-likeness (QED) is 0.400. The van der Waals surface area contributed by atoms with Gasteiger partial charge in [-0.25, -0.2) is 0 Å². The lowest BCUT2D eigenvalue weighted by molar-refractivity contribution is 1.53. The summed E-state index contributed by atoms with van der Waals surface area (Å²) < 4.78 is 23.9. The van der Waals surface area contributed by atoms with Gasteiger partial charge in [-0.2, -0.15) is 0 Å². The molecular formula is C24H18ClN. The van der Waals surface area contributed by atoms with Crippen molar-refractivity contribution in [2.75, 3.05) is 5.32 Å². The summed E-state index contributed by atoms with van der Waals surface area (Å²) in [6.45, 7) is 0. The minimum Gasteiger partial charge on any atom is -0.355 e. The van der Waals surface area contributed by atoms with Crippen LogP contribution in [0.15, 0.2) is 103 Å². The Bertz CT molecular complexity index is 1180. The SMILES string of the molecule is [2H]c1c(Cl)cc(Nc2ccccc2-c2cccc(-c3ccccc3)c2)c([2H])c1[2H]. The second-order valence-corrected chi connectivity index (χ2v) is 6.31. The molecule has 0 heterocycles. The minimum atomic E-state index is -0.191. The van der Waals surface area contributed by atoms with Gasteiger partial charge in [0.25, 0.3) is 0 Å². The van der Waals surface area contributed by atoms with Crippen molar-refractivity contribution < 1.29 is 4.11 Å². The molecule has 4 rings (SSSR count). The summed E-state index contributed by atoms with van der Waals surface area (Å²) in [5.41, 5.74) is 5.48. The lowest BCUT2D eigenvalue weighted by atomic mass is 9.98. The monoisotopic (exact) mass is 358 g/mol. The number of para-hydroxylation sites is 1. The van der Waals surface area contributed by atoms with E-state index in [-0.39, 0.29) is 23.1 Å². The molecule has 1 nitrogen and oxygen atoms in total. The van der Waals surface area contributed by atoms with E-state index in [0.717, 1.165) is 27.9 Å². The Kier molecular flexibility index (Phi) is 3.79. The Morgan fingerprint density at radius 2 is 1.42 bits per heavy atom. The number of rotatable bonds is 4. The zero-order chi connectivity index (χ0) is 20.4. The molecule has 0 amide bonds. The topological polar surface area (TPSA) is 12.0 Å². The molecule has 0 unspecified atom stereocenters. The molecule has 126 valence electrons. The van der Waals surface area contributed by atoms with Crippen molar-refractivity contribution in [1.29, 1.82) is 0 Å². The number of anilines is 2. The Balaban J connectivity index is 1.76. The normalized spacial score (nSPS) is 12.1. The lowest BCUT2D eigenvalue weighted by Gasteiger charge is -2.13.